The summed E-state index contributed by atoms with van der Waals surface area (Å²) in [6, 6.07) is 11.6. The van der Waals surface area contributed by atoms with Crippen LogP contribution in [-0.2, 0) is 18.0 Å². The Hall–Kier alpha value is -1.10. The van der Waals surface area contributed by atoms with Crippen molar-refractivity contribution in [2.24, 2.45) is 5.84 Å². The molecule has 3 N–H and O–H groups in total. The molecule has 1 unspecified atom stereocenters. The number of rotatable bonds is 3. The van der Waals surface area contributed by atoms with Crippen LogP contribution in [0.2, 0.25) is 10.0 Å². The fourth-order valence-corrected chi connectivity index (χ4v) is 2.90. The topological polar surface area (TPSA) is 47.3 Å². The van der Waals surface area contributed by atoms with E-state index >= 15 is 0 Å². The molecule has 0 spiro atoms. The Morgan fingerprint density at radius 3 is 2.70 bits per heavy atom. The molecule has 1 atom stereocenters. The summed E-state index contributed by atoms with van der Waals surface area (Å²) in [7, 11) is 0. The lowest BCUT2D eigenvalue weighted by atomic mass is 9.96. The molecule has 3 rings (SSSR count). The van der Waals surface area contributed by atoms with Crippen molar-refractivity contribution in [1.29, 1.82) is 0 Å². The normalized spacial score (nSPS) is 15.2. The summed E-state index contributed by atoms with van der Waals surface area (Å²) in [5.41, 5.74) is 7.13. The zero-order valence-corrected chi connectivity index (χ0v) is 12.2. The van der Waals surface area contributed by atoms with Gasteiger partial charge in [-0.05, 0) is 28.3 Å². The minimum atomic E-state index is -0.202. The molecular formula is C15H14Cl2N2O. The van der Waals surface area contributed by atoms with Crippen LogP contribution in [0, 0.1) is 0 Å². The van der Waals surface area contributed by atoms with E-state index in [4.69, 9.17) is 33.8 Å². The number of hydrazine groups is 1. The fraction of sp³-hybridized carbons (Fsp3) is 0.200. The Morgan fingerprint density at radius 1 is 1.10 bits per heavy atom. The first-order valence-electron chi connectivity index (χ1n) is 6.30. The molecule has 1 aliphatic rings. The highest BCUT2D eigenvalue weighted by Gasteiger charge is 2.19. The number of fused-ring (bicyclic) bond motifs is 1. The van der Waals surface area contributed by atoms with Crippen molar-refractivity contribution < 1.29 is 4.74 Å². The Bertz CT molecular complexity index is 646. The Labute approximate surface area is 127 Å². The number of ether oxygens (including phenoxy) is 1. The zero-order valence-electron chi connectivity index (χ0n) is 10.7. The van der Waals surface area contributed by atoms with Crippen molar-refractivity contribution in [2.45, 2.75) is 19.3 Å². The standard InChI is InChI=1S/C15H14Cl2N2O/c16-13-3-1-2-12(14(13)17)15(19-18)9-4-5-10-7-20-8-11(10)6-9/h1-6,15,19H,7-8,18H2. The Balaban J connectivity index is 2.03. The van der Waals surface area contributed by atoms with E-state index < -0.39 is 0 Å². The number of hydrogen-bond acceptors (Lipinski definition) is 3. The predicted molar refractivity (Wildman–Crippen MR) is 80.6 cm³/mol. The number of nitrogens with two attached hydrogens (primary N) is 1. The molecule has 0 aromatic heterocycles. The van der Waals surface area contributed by atoms with Gasteiger partial charge in [0.25, 0.3) is 0 Å². The molecular weight excluding hydrogens is 295 g/mol. The van der Waals surface area contributed by atoms with E-state index in [1.165, 1.54) is 11.1 Å². The second kappa shape index (κ2) is 5.72. The van der Waals surface area contributed by atoms with E-state index in [0.29, 0.717) is 23.3 Å². The van der Waals surface area contributed by atoms with E-state index in [2.05, 4.69) is 17.6 Å². The van der Waals surface area contributed by atoms with Gasteiger partial charge in [-0.15, -0.1) is 0 Å². The average Bonchev–Trinajstić information content (AvgIpc) is 2.92. The first kappa shape index (κ1) is 13.9. The van der Waals surface area contributed by atoms with E-state index in [9.17, 15) is 0 Å². The van der Waals surface area contributed by atoms with E-state index in [1.54, 1.807) is 6.07 Å². The lowest BCUT2D eigenvalue weighted by Gasteiger charge is -2.19. The van der Waals surface area contributed by atoms with Crippen molar-refractivity contribution in [3.05, 3.63) is 68.7 Å². The van der Waals surface area contributed by atoms with Gasteiger partial charge in [0.05, 0.1) is 29.3 Å². The van der Waals surface area contributed by atoms with Gasteiger partial charge in [-0.25, -0.2) is 5.43 Å². The summed E-state index contributed by atoms with van der Waals surface area (Å²) in [5.74, 6) is 5.72. The third kappa shape index (κ3) is 2.43. The van der Waals surface area contributed by atoms with Crippen LogP contribution < -0.4 is 11.3 Å². The Kier molecular flexibility index (Phi) is 3.96. The molecule has 0 radical (unpaired) electrons. The van der Waals surface area contributed by atoms with Crippen LogP contribution in [-0.4, -0.2) is 0 Å². The van der Waals surface area contributed by atoms with Crippen LogP contribution in [0.15, 0.2) is 36.4 Å². The average molecular weight is 309 g/mol. The Morgan fingerprint density at radius 2 is 1.90 bits per heavy atom. The molecule has 0 amide bonds. The third-order valence-corrected chi connectivity index (χ3v) is 4.37. The first-order chi connectivity index (χ1) is 9.70. The summed E-state index contributed by atoms with van der Waals surface area (Å²) >= 11 is 12.4. The van der Waals surface area contributed by atoms with E-state index in [-0.39, 0.29) is 6.04 Å². The maximum Gasteiger partial charge on any atom is 0.0725 e. The highest BCUT2D eigenvalue weighted by Crippen LogP contribution is 2.34. The number of benzene rings is 2. The maximum atomic E-state index is 6.28. The van der Waals surface area contributed by atoms with Crippen LogP contribution in [0.1, 0.15) is 28.3 Å². The molecule has 1 aliphatic heterocycles. The van der Waals surface area contributed by atoms with Gasteiger partial charge in [-0.1, -0.05) is 53.5 Å². The lowest BCUT2D eigenvalue weighted by molar-refractivity contribution is 0.134. The van der Waals surface area contributed by atoms with E-state index in [1.807, 2.05) is 18.2 Å². The van der Waals surface area contributed by atoms with Crippen LogP contribution in [0.25, 0.3) is 0 Å². The second-order valence-corrected chi connectivity index (χ2v) is 5.55. The minimum absolute atomic E-state index is 0.202. The van der Waals surface area contributed by atoms with Gasteiger partial charge < -0.3 is 4.74 Å². The summed E-state index contributed by atoms with van der Waals surface area (Å²) in [5, 5.41) is 1.04. The van der Waals surface area contributed by atoms with Crippen molar-refractivity contribution in [3.63, 3.8) is 0 Å². The molecule has 2 aromatic carbocycles. The monoisotopic (exact) mass is 308 g/mol. The summed E-state index contributed by atoms with van der Waals surface area (Å²) < 4.78 is 5.43. The van der Waals surface area contributed by atoms with Crippen LogP contribution in [0.5, 0.6) is 0 Å². The SMILES string of the molecule is NNC(c1ccc2c(c1)COC2)c1cccc(Cl)c1Cl. The molecule has 0 fully saturated rings. The molecule has 104 valence electrons. The smallest absolute Gasteiger partial charge is 0.0725 e. The zero-order chi connectivity index (χ0) is 14.1. The molecule has 0 aliphatic carbocycles. The second-order valence-electron chi connectivity index (χ2n) is 4.76. The highest BCUT2D eigenvalue weighted by molar-refractivity contribution is 6.42. The van der Waals surface area contributed by atoms with Gasteiger partial charge in [0.1, 0.15) is 0 Å². The largest absolute Gasteiger partial charge is 0.372 e. The quantitative estimate of drug-likeness (QED) is 0.673. The van der Waals surface area contributed by atoms with Gasteiger partial charge in [-0.2, -0.15) is 0 Å². The minimum Gasteiger partial charge on any atom is -0.372 e. The number of hydrogen-bond donors (Lipinski definition) is 2. The molecule has 3 nitrogen and oxygen atoms in total. The van der Waals surface area contributed by atoms with Gasteiger partial charge in [0, 0.05) is 0 Å². The molecule has 1 heterocycles. The van der Waals surface area contributed by atoms with Gasteiger partial charge >= 0.3 is 0 Å². The number of nitrogens with one attached hydrogen (secondary N) is 1. The lowest BCUT2D eigenvalue weighted by Crippen LogP contribution is -2.29. The highest BCUT2D eigenvalue weighted by atomic mass is 35.5. The molecule has 5 heteroatoms. The molecule has 0 saturated carbocycles. The molecule has 0 saturated heterocycles. The molecule has 0 bridgehead atoms. The van der Waals surface area contributed by atoms with Crippen molar-refractivity contribution in [3.8, 4) is 0 Å². The van der Waals surface area contributed by atoms with E-state index in [0.717, 1.165) is 11.1 Å². The molecule has 2 aromatic rings. The van der Waals surface area contributed by atoms with Gasteiger partial charge in [-0.3, -0.25) is 5.84 Å². The van der Waals surface area contributed by atoms with Crippen molar-refractivity contribution >= 4 is 23.2 Å². The van der Waals surface area contributed by atoms with Crippen molar-refractivity contribution in [1.82, 2.24) is 5.43 Å². The summed E-state index contributed by atoms with van der Waals surface area (Å²) in [6.45, 7) is 1.32. The third-order valence-electron chi connectivity index (χ3n) is 3.54. The maximum absolute atomic E-state index is 6.28. The predicted octanol–water partition coefficient (Wildman–Crippen LogP) is 3.58. The van der Waals surface area contributed by atoms with Crippen LogP contribution >= 0.6 is 23.2 Å². The first-order valence-corrected chi connectivity index (χ1v) is 7.06. The summed E-state index contributed by atoms with van der Waals surface area (Å²) in [6.07, 6.45) is 0. The fourth-order valence-electron chi connectivity index (χ4n) is 2.48. The number of halogens is 2. The summed E-state index contributed by atoms with van der Waals surface area (Å²) in [4.78, 5) is 0. The van der Waals surface area contributed by atoms with Crippen LogP contribution in [0.4, 0.5) is 0 Å². The van der Waals surface area contributed by atoms with Gasteiger partial charge in [0.15, 0.2) is 0 Å². The van der Waals surface area contributed by atoms with Crippen LogP contribution in [0.3, 0.4) is 0 Å². The van der Waals surface area contributed by atoms with Crippen molar-refractivity contribution in [2.75, 3.05) is 0 Å². The molecule has 20 heavy (non-hydrogen) atoms. The van der Waals surface area contributed by atoms with Gasteiger partial charge in [0.2, 0.25) is 0 Å².